The summed E-state index contributed by atoms with van der Waals surface area (Å²) in [4.78, 5) is 34.5. The average Bonchev–Trinajstić information content (AvgIpc) is 3.65. The van der Waals surface area contributed by atoms with Crippen LogP contribution in [0.4, 0.5) is 0 Å². The summed E-state index contributed by atoms with van der Waals surface area (Å²) in [5.41, 5.74) is 28.2. The molecule has 14 heteroatoms. The molecule has 2 amide bonds. The molecule has 2 heterocycles. The Morgan fingerprint density at radius 3 is 1.71 bits per heavy atom. The van der Waals surface area contributed by atoms with Crippen molar-refractivity contribution in [1.82, 2.24) is 4.98 Å². The molecule has 0 unspecified atom stereocenters. The third-order valence-electron chi connectivity index (χ3n) is 8.35. The van der Waals surface area contributed by atoms with E-state index in [1.807, 2.05) is 60.7 Å². The SMILES string of the molecule is COCCCOc1cc(CCC(=O)N=C(N)N)ccc1-c1ccc2c(c1)CCO2.COCCCOc1cc(CCC(=O)N=C(N)N)ccc1-c1ccncc1. The lowest BCUT2D eigenvalue weighted by molar-refractivity contribution is -0.118. The van der Waals surface area contributed by atoms with Gasteiger partial charge in [0.05, 0.1) is 19.8 Å². The minimum absolute atomic E-state index is 0.215. The highest BCUT2D eigenvalue weighted by Gasteiger charge is 2.16. The fraction of sp³-hybridized carbons (Fsp3) is 0.341. The Labute approximate surface area is 321 Å². The van der Waals surface area contributed by atoms with E-state index in [2.05, 4.69) is 21.0 Å². The van der Waals surface area contributed by atoms with Gasteiger partial charge in [-0.2, -0.15) is 9.98 Å². The van der Waals surface area contributed by atoms with Crippen LogP contribution >= 0.6 is 0 Å². The van der Waals surface area contributed by atoms with Gasteiger partial charge >= 0.3 is 0 Å². The number of aromatic nitrogens is 1. The van der Waals surface area contributed by atoms with E-state index in [4.69, 9.17) is 46.6 Å². The molecule has 1 aromatic heterocycles. The first-order valence-corrected chi connectivity index (χ1v) is 18.1. The maximum Gasteiger partial charge on any atom is 0.249 e. The average molecular weight is 754 g/mol. The maximum atomic E-state index is 11.7. The van der Waals surface area contributed by atoms with E-state index in [-0.39, 0.29) is 36.6 Å². The van der Waals surface area contributed by atoms with Gasteiger partial charge in [-0.3, -0.25) is 14.6 Å². The molecule has 0 bridgehead atoms. The van der Waals surface area contributed by atoms with Gasteiger partial charge in [-0.1, -0.05) is 30.3 Å². The third kappa shape index (κ3) is 14.1. The Morgan fingerprint density at radius 2 is 1.20 bits per heavy atom. The maximum absolute atomic E-state index is 11.7. The lowest BCUT2D eigenvalue weighted by Crippen LogP contribution is -2.24. The lowest BCUT2D eigenvalue weighted by atomic mass is 9.98. The molecule has 0 aliphatic carbocycles. The van der Waals surface area contributed by atoms with Gasteiger partial charge in [0, 0.05) is 83.1 Å². The molecular formula is C41H51N7O7. The first-order chi connectivity index (χ1) is 26.7. The van der Waals surface area contributed by atoms with Crippen molar-refractivity contribution in [2.75, 3.05) is 47.3 Å². The summed E-state index contributed by atoms with van der Waals surface area (Å²) in [5, 5.41) is 0. The van der Waals surface area contributed by atoms with Gasteiger partial charge in [-0.15, -0.1) is 0 Å². The van der Waals surface area contributed by atoms with Gasteiger partial charge in [0.2, 0.25) is 11.8 Å². The molecule has 0 atom stereocenters. The second-order valence-electron chi connectivity index (χ2n) is 12.6. The van der Waals surface area contributed by atoms with Crippen molar-refractivity contribution in [3.63, 3.8) is 0 Å². The standard InChI is InChI=1S/C22H27N3O4.C19H24N4O3/c1-27-10-2-11-28-20-13-15(4-8-21(26)25-22(23)24)3-6-18(20)16-5-7-19-17(14-16)9-12-29-19;1-25-11-2-12-26-17-13-14(4-6-18(24)23-19(20)21)3-5-16(17)15-7-9-22-10-8-15/h3,5-7,13-14H,2,4,8-12H2,1H3,(H4,23,24,25,26);3,5,7-10,13H,2,4,6,11-12H2,1H3,(H4,20,21,23,24). The molecule has 5 rings (SSSR count). The van der Waals surface area contributed by atoms with E-state index in [1.54, 1.807) is 26.6 Å². The molecule has 8 N–H and O–H groups in total. The van der Waals surface area contributed by atoms with Crippen LogP contribution in [0.3, 0.4) is 0 Å². The number of benzene rings is 3. The van der Waals surface area contributed by atoms with Crippen LogP contribution in [0.1, 0.15) is 42.4 Å². The molecule has 0 saturated carbocycles. The summed E-state index contributed by atoms with van der Waals surface area (Å²) in [5.74, 6) is 1.39. The van der Waals surface area contributed by atoms with Crippen LogP contribution in [0.15, 0.2) is 89.1 Å². The first kappa shape index (κ1) is 41.8. The number of aliphatic imine (C=N–C) groups is 2. The van der Waals surface area contributed by atoms with Crippen LogP contribution in [0.5, 0.6) is 17.2 Å². The number of amides is 2. The highest BCUT2D eigenvalue weighted by atomic mass is 16.5. The molecule has 1 aliphatic rings. The van der Waals surface area contributed by atoms with Crippen LogP contribution in [0, 0.1) is 0 Å². The van der Waals surface area contributed by atoms with E-state index >= 15 is 0 Å². The number of carbonyl (C=O) groups is 2. The van der Waals surface area contributed by atoms with Crippen LogP contribution in [-0.4, -0.2) is 76.0 Å². The van der Waals surface area contributed by atoms with Gasteiger partial charge in [-0.25, -0.2) is 0 Å². The van der Waals surface area contributed by atoms with E-state index < -0.39 is 0 Å². The molecule has 0 saturated heterocycles. The number of carbonyl (C=O) groups excluding carboxylic acids is 2. The Morgan fingerprint density at radius 1 is 0.673 bits per heavy atom. The van der Waals surface area contributed by atoms with Crippen molar-refractivity contribution in [2.45, 2.75) is 44.9 Å². The van der Waals surface area contributed by atoms with Crippen molar-refractivity contribution in [3.05, 3.63) is 95.8 Å². The third-order valence-corrected chi connectivity index (χ3v) is 8.35. The van der Waals surface area contributed by atoms with Gasteiger partial charge in [0.15, 0.2) is 11.9 Å². The van der Waals surface area contributed by atoms with E-state index in [9.17, 15) is 9.59 Å². The Balaban J connectivity index is 0.000000246. The van der Waals surface area contributed by atoms with Gasteiger partial charge in [-0.05, 0) is 77.1 Å². The van der Waals surface area contributed by atoms with Crippen LogP contribution in [-0.2, 0) is 38.3 Å². The largest absolute Gasteiger partial charge is 0.493 e. The topological polar surface area (TPSA) is 222 Å². The first-order valence-electron chi connectivity index (χ1n) is 18.1. The summed E-state index contributed by atoms with van der Waals surface area (Å²) in [7, 11) is 3.34. The number of ether oxygens (including phenoxy) is 5. The number of hydrogen-bond donors (Lipinski definition) is 4. The normalized spacial score (nSPS) is 11.3. The summed E-state index contributed by atoms with van der Waals surface area (Å²) in [6.07, 6.45) is 7.51. The minimum atomic E-state index is -0.342. The second kappa shape index (κ2) is 22.3. The monoisotopic (exact) mass is 753 g/mol. The molecule has 4 aromatic rings. The second-order valence-corrected chi connectivity index (χ2v) is 12.6. The summed E-state index contributed by atoms with van der Waals surface area (Å²) < 4.78 is 27.8. The zero-order valence-corrected chi connectivity index (χ0v) is 31.5. The van der Waals surface area contributed by atoms with E-state index in [1.165, 1.54) is 5.56 Å². The molecule has 0 fully saturated rings. The number of methoxy groups -OCH3 is 2. The molecule has 1 aliphatic heterocycles. The number of nitrogens with two attached hydrogens (primary N) is 4. The molecule has 55 heavy (non-hydrogen) atoms. The number of nitrogens with zero attached hydrogens (tertiary/aromatic N) is 3. The molecule has 0 radical (unpaired) electrons. The van der Waals surface area contributed by atoms with Crippen molar-refractivity contribution in [3.8, 4) is 39.5 Å². The number of aryl methyl sites for hydroxylation is 2. The number of pyridine rings is 1. The molecule has 14 nitrogen and oxygen atoms in total. The number of rotatable bonds is 18. The Bertz CT molecular complexity index is 1910. The Kier molecular flexibility index (Phi) is 16.9. The van der Waals surface area contributed by atoms with Gasteiger partial charge in [0.1, 0.15) is 17.2 Å². The molecule has 0 spiro atoms. The zero-order chi connectivity index (χ0) is 39.4. The predicted octanol–water partition coefficient (Wildman–Crippen LogP) is 4.33. The number of guanidine groups is 2. The van der Waals surface area contributed by atoms with Crippen molar-refractivity contribution < 1.29 is 33.3 Å². The van der Waals surface area contributed by atoms with Crippen LogP contribution in [0.2, 0.25) is 0 Å². The Hall–Kier alpha value is -5.99. The molecule has 3 aromatic carbocycles. The molecular weight excluding hydrogens is 702 g/mol. The van der Waals surface area contributed by atoms with Gasteiger partial charge in [0.25, 0.3) is 0 Å². The van der Waals surface area contributed by atoms with E-state index in [0.717, 1.165) is 76.5 Å². The predicted molar refractivity (Wildman–Crippen MR) is 213 cm³/mol. The number of fused-ring (bicyclic) bond motifs is 1. The highest BCUT2D eigenvalue weighted by molar-refractivity contribution is 5.92. The van der Waals surface area contributed by atoms with E-state index in [0.29, 0.717) is 39.3 Å². The smallest absolute Gasteiger partial charge is 0.249 e. The minimum Gasteiger partial charge on any atom is -0.493 e. The highest BCUT2D eigenvalue weighted by Crippen LogP contribution is 2.36. The van der Waals surface area contributed by atoms with Crippen molar-refractivity contribution >= 4 is 23.7 Å². The zero-order valence-electron chi connectivity index (χ0n) is 31.5. The quantitative estimate of drug-likeness (QED) is 0.0633. The summed E-state index contributed by atoms with van der Waals surface area (Å²) >= 11 is 0. The molecule has 292 valence electrons. The van der Waals surface area contributed by atoms with Crippen LogP contribution < -0.4 is 37.1 Å². The summed E-state index contributed by atoms with van der Waals surface area (Å²) in [6.45, 7) is 3.09. The lowest BCUT2D eigenvalue weighted by Gasteiger charge is -2.14. The van der Waals surface area contributed by atoms with Crippen LogP contribution in [0.25, 0.3) is 22.3 Å². The fourth-order valence-electron chi connectivity index (χ4n) is 5.72. The summed E-state index contributed by atoms with van der Waals surface area (Å²) in [6, 6.07) is 22.0. The van der Waals surface area contributed by atoms with Gasteiger partial charge < -0.3 is 46.6 Å². The van der Waals surface area contributed by atoms with Crippen molar-refractivity contribution in [1.29, 1.82) is 0 Å². The number of hydrogen-bond acceptors (Lipinski definition) is 8. The van der Waals surface area contributed by atoms with Crippen molar-refractivity contribution in [2.24, 2.45) is 32.9 Å². The fourth-order valence-corrected chi connectivity index (χ4v) is 5.72.